The van der Waals surface area contributed by atoms with Gasteiger partial charge in [0.1, 0.15) is 5.78 Å². The Labute approximate surface area is 180 Å². The van der Waals surface area contributed by atoms with Crippen LogP contribution in [0.4, 0.5) is 5.69 Å². The molecular weight excluding hydrogens is 394 g/mol. The van der Waals surface area contributed by atoms with Gasteiger partial charge >= 0.3 is 5.97 Å². The molecule has 2 atom stereocenters. The van der Waals surface area contributed by atoms with E-state index >= 15 is 0 Å². The molecule has 1 heterocycles. The first-order chi connectivity index (χ1) is 15.0. The van der Waals surface area contributed by atoms with Crippen molar-refractivity contribution in [3.05, 3.63) is 89.5 Å². The molecule has 0 aliphatic carbocycles. The van der Waals surface area contributed by atoms with Crippen molar-refractivity contribution >= 4 is 17.4 Å². The summed E-state index contributed by atoms with van der Waals surface area (Å²) in [5.41, 5.74) is 2.89. The maximum Gasteiger partial charge on any atom is 0.335 e. The molecule has 2 N–H and O–H groups in total. The van der Waals surface area contributed by atoms with Gasteiger partial charge in [-0.05, 0) is 60.9 Å². The van der Waals surface area contributed by atoms with Crippen molar-refractivity contribution in [2.45, 2.75) is 19.4 Å². The highest BCUT2D eigenvalue weighted by atomic mass is 16.7. The zero-order valence-corrected chi connectivity index (χ0v) is 17.1. The second kappa shape index (κ2) is 8.92. The number of carboxylic acid groups (broad SMARTS) is 1. The van der Waals surface area contributed by atoms with Crippen molar-refractivity contribution < 1.29 is 24.2 Å². The van der Waals surface area contributed by atoms with Crippen molar-refractivity contribution in [3.8, 4) is 11.5 Å². The van der Waals surface area contributed by atoms with Crippen molar-refractivity contribution in [2.75, 3.05) is 12.1 Å². The van der Waals surface area contributed by atoms with Crippen LogP contribution in [0.2, 0.25) is 0 Å². The highest BCUT2D eigenvalue weighted by Gasteiger charge is 2.29. The number of fused-ring (bicyclic) bond motifs is 1. The molecule has 0 saturated heterocycles. The summed E-state index contributed by atoms with van der Waals surface area (Å²) in [7, 11) is 0. The molecule has 0 saturated carbocycles. The van der Waals surface area contributed by atoms with E-state index in [1.165, 1.54) is 0 Å². The zero-order valence-electron chi connectivity index (χ0n) is 17.1. The Balaban J connectivity index is 1.70. The van der Waals surface area contributed by atoms with Crippen LogP contribution in [-0.4, -0.2) is 23.7 Å². The molecular formula is C25H23NO5. The molecule has 3 aromatic rings. The predicted octanol–water partition coefficient (Wildman–Crippen LogP) is 4.71. The first kappa shape index (κ1) is 20.5. The van der Waals surface area contributed by atoms with Crippen LogP contribution in [0.25, 0.3) is 0 Å². The third-order valence-electron chi connectivity index (χ3n) is 5.43. The van der Waals surface area contributed by atoms with Crippen LogP contribution in [0.15, 0.2) is 72.8 Å². The fourth-order valence-corrected chi connectivity index (χ4v) is 3.78. The Hall–Kier alpha value is -3.80. The normalized spacial score (nSPS) is 14.0. The van der Waals surface area contributed by atoms with Crippen LogP contribution in [-0.2, 0) is 11.2 Å². The number of benzene rings is 3. The minimum absolute atomic E-state index is 0.0566. The maximum atomic E-state index is 12.8. The third kappa shape index (κ3) is 4.69. The number of hydrogen-bond acceptors (Lipinski definition) is 5. The molecule has 6 heteroatoms. The standard InChI is InChI=1S/C25H23NO5/c1-16(27)21(13-17-5-3-2-4-6-17)24(19-9-12-22-23(14-19)31-15-30-22)26-20-10-7-18(8-11-20)25(28)29/h2-12,14,21,24,26H,13,15H2,1H3,(H,28,29). The van der Waals surface area contributed by atoms with Crippen molar-refractivity contribution in [1.29, 1.82) is 0 Å². The smallest absolute Gasteiger partial charge is 0.335 e. The van der Waals surface area contributed by atoms with Gasteiger partial charge in [0.15, 0.2) is 11.5 Å². The van der Waals surface area contributed by atoms with E-state index in [0.29, 0.717) is 17.9 Å². The van der Waals surface area contributed by atoms with Crippen LogP contribution in [0, 0.1) is 5.92 Å². The number of ether oxygens (including phenoxy) is 2. The molecule has 3 aromatic carbocycles. The van der Waals surface area contributed by atoms with Crippen LogP contribution >= 0.6 is 0 Å². The zero-order chi connectivity index (χ0) is 21.8. The molecule has 0 aromatic heterocycles. The predicted molar refractivity (Wildman–Crippen MR) is 117 cm³/mol. The van der Waals surface area contributed by atoms with E-state index in [4.69, 9.17) is 14.6 Å². The van der Waals surface area contributed by atoms with E-state index in [9.17, 15) is 9.59 Å². The van der Waals surface area contributed by atoms with Gasteiger partial charge in [-0.1, -0.05) is 36.4 Å². The van der Waals surface area contributed by atoms with Gasteiger partial charge in [-0.3, -0.25) is 4.79 Å². The largest absolute Gasteiger partial charge is 0.478 e. The van der Waals surface area contributed by atoms with Gasteiger partial charge in [0.25, 0.3) is 0 Å². The van der Waals surface area contributed by atoms with Crippen molar-refractivity contribution in [3.63, 3.8) is 0 Å². The van der Waals surface area contributed by atoms with E-state index in [1.807, 2.05) is 48.5 Å². The topological polar surface area (TPSA) is 84.9 Å². The lowest BCUT2D eigenvalue weighted by atomic mass is 9.84. The number of carbonyl (C=O) groups is 2. The Kier molecular flexibility index (Phi) is 5.89. The summed E-state index contributed by atoms with van der Waals surface area (Å²) in [4.78, 5) is 23.9. The highest BCUT2D eigenvalue weighted by molar-refractivity contribution is 5.88. The number of carboxylic acids is 1. The molecule has 1 aliphatic rings. The maximum absolute atomic E-state index is 12.8. The molecule has 0 spiro atoms. The molecule has 158 valence electrons. The summed E-state index contributed by atoms with van der Waals surface area (Å²) in [5.74, 6) is 0.0518. The van der Waals surface area contributed by atoms with Gasteiger partial charge in [-0.2, -0.15) is 0 Å². The monoisotopic (exact) mass is 417 g/mol. The minimum Gasteiger partial charge on any atom is -0.478 e. The number of hydrogen-bond donors (Lipinski definition) is 2. The molecule has 0 amide bonds. The number of carbonyl (C=O) groups excluding carboxylic acids is 1. The van der Waals surface area contributed by atoms with Gasteiger partial charge in [0, 0.05) is 11.6 Å². The van der Waals surface area contributed by atoms with Crippen LogP contribution in [0.1, 0.15) is 34.5 Å². The van der Waals surface area contributed by atoms with Crippen LogP contribution < -0.4 is 14.8 Å². The number of nitrogens with one attached hydrogen (secondary N) is 1. The summed E-state index contributed by atoms with van der Waals surface area (Å²) in [6, 6.07) is 21.7. The van der Waals surface area contributed by atoms with Gasteiger partial charge in [0.05, 0.1) is 11.6 Å². The molecule has 0 fully saturated rings. The number of Topliss-reactive ketones (excluding diaryl/α,β-unsaturated/α-hetero) is 1. The Morgan fingerprint density at radius 2 is 1.68 bits per heavy atom. The molecule has 6 nitrogen and oxygen atoms in total. The summed E-state index contributed by atoms with van der Waals surface area (Å²) < 4.78 is 11.0. The van der Waals surface area contributed by atoms with E-state index < -0.39 is 5.97 Å². The lowest BCUT2D eigenvalue weighted by molar-refractivity contribution is -0.121. The molecule has 4 rings (SSSR count). The second-order valence-corrected chi connectivity index (χ2v) is 7.52. The van der Waals surface area contributed by atoms with Gasteiger partial charge in [0.2, 0.25) is 6.79 Å². The lowest BCUT2D eigenvalue weighted by Crippen LogP contribution is -2.28. The Morgan fingerprint density at radius 1 is 0.968 bits per heavy atom. The Morgan fingerprint density at radius 3 is 2.35 bits per heavy atom. The van der Waals surface area contributed by atoms with E-state index in [2.05, 4.69) is 5.32 Å². The SMILES string of the molecule is CC(=O)C(Cc1ccccc1)C(Nc1ccc(C(=O)O)cc1)c1ccc2c(c1)OCO2. The molecule has 0 bridgehead atoms. The molecule has 1 aliphatic heterocycles. The number of anilines is 1. The Bertz CT molecular complexity index is 1080. The summed E-state index contributed by atoms with van der Waals surface area (Å²) >= 11 is 0. The van der Waals surface area contributed by atoms with Crippen LogP contribution in [0.5, 0.6) is 11.5 Å². The molecule has 2 unspecified atom stereocenters. The fourth-order valence-electron chi connectivity index (χ4n) is 3.78. The summed E-state index contributed by atoms with van der Waals surface area (Å²) in [6.07, 6.45) is 0.565. The number of rotatable bonds is 8. The van der Waals surface area contributed by atoms with Gasteiger partial charge in [-0.15, -0.1) is 0 Å². The number of ketones is 1. The van der Waals surface area contributed by atoms with Crippen molar-refractivity contribution in [2.24, 2.45) is 5.92 Å². The van der Waals surface area contributed by atoms with E-state index in [0.717, 1.165) is 16.8 Å². The van der Waals surface area contributed by atoms with E-state index in [1.54, 1.807) is 31.2 Å². The van der Waals surface area contributed by atoms with E-state index in [-0.39, 0.29) is 30.1 Å². The average molecular weight is 417 g/mol. The highest BCUT2D eigenvalue weighted by Crippen LogP contribution is 2.38. The first-order valence-corrected chi connectivity index (χ1v) is 10.0. The third-order valence-corrected chi connectivity index (χ3v) is 5.43. The summed E-state index contributed by atoms with van der Waals surface area (Å²) in [5, 5.41) is 12.6. The lowest BCUT2D eigenvalue weighted by Gasteiger charge is -2.28. The second-order valence-electron chi connectivity index (χ2n) is 7.52. The van der Waals surface area contributed by atoms with Gasteiger partial charge in [-0.25, -0.2) is 4.79 Å². The van der Waals surface area contributed by atoms with Gasteiger partial charge < -0.3 is 19.9 Å². The number of aromatic carboxylic acids is 1. The molecule has 31 heavy (non-hydrogen) atoms. The van der Waals surface area contributed by atoms with Crippen LogP contribution in [0.3, 0.4) is 0 Å². The quantitative estimate of drug-likeness (QED) is 0.552. The first-order valence-electron chi connectivity index (χ1n) is 10.0. The van der Waals surface area contributed by atoms with Crippen molar-refractivity contribution in [1.82, 2.24) is 0 Å². The summed E-state index contributed by atoms with van der Waals surface area (Å²) in [6.45, 7) is 1.77. The fraction of sp³-hybridized carbons (Fsp3) is 0.200. The minimum atomic E-state index is -0.982. The average Bonchev–Trinajstić information content (AvgIpc) is 3.25. The molecule has 0 radical (unpaired) electrons.